The molecular formula is C53H94O5. The molecule has 0 aromatic heterocycles. The number of allylic oxidation sites excluding steroid dienone is 9. The number of carbonyl (C=O) groups is 2. The lowest BCUT2D eigenvalue weighted by Gasteiger charge is -2.18. The first-order valence-electron chi connectivity index (χ1n) is 24.8. The first kappa shape index (κ1) is 55.6. The maximum absolute atomic E-state index is 12.8. The molecule has 0 aliphatic rings. The first-order valence-corrected chi connectivity index (χ1v) is 24.8. The summed E-state index contributed by atoms with van der Waals surface area (Å²) in [6, 6.07) is 0. The molecule has 0 aromatic carbocycles. The van der Waals surface area contributed by atoms with Gasteiger partial charge in [0.05, 0.1) is 13.0 Å². The Morgan fingerprint density at radius 2 is 0.759 bits per heavy atom. The van der Waals surface area contributed by atoms with Gasteiger partial charge in [0.2, 0.25) is 0 Å². The van der Waals surface area contributed by atoms with Crippen molar-refractivity contribution in [3.63, 3.8) is 0 Å². The summed E-state index contributed by atoms with van der Waals surface area (Å²) in [6.45, 7) is 7.63. The number of ether oxygens (including phenoxy) is 3. The second kappa shape index (κ2) is 49.0. The van der Waals surface area contributed by atoms with Crippen molar-refractivity contribution in [3.05, 3.63) is 60.8 Å². The number of carbonyl (C=O) groups excluding carboxylic acids is 2. The zero-order valence-corrected chi connectivity index (χ0v) is 38.6. The molecule has 0 saturated carbocycles. The summed E-state index contributed by atoms with van der Waals surface area (Å²) in [6.07, 6.45) is 61.0. The van der Waals surface area contributed by atoms with Crippen LogP contribution in [-0.2, 0) is 23.8 Å². The van der Waals surface area contributed by atoms with Gasteiger partial charge < -0.3 is 14.2 Å². The maximum atomic E-state index is 12.8. The molecule has 0 rings (SSSR count). The van der Waals surface area contributed by atoms with Gasteiger partial charge in [0.25, 0.3) is 0 Å². The third-order valence-corrected chi connectivity index (χ3v) is 10.6. The Morgan fingerprint density at radius 3 is 1.17 bits per heavy atom. The molecule has 0 N–H and O–H groups in total. The molecule has 0 aliphatic carbocycles. The van der Waals surface area contributed by atoms with Gasteiger partial charge in [-0.25, -0.2) is 0 Å². The molecule has 5 heteroatoms. The Bertz CT molecular complexity index is 1010. The van der Waals surface area contributed by atoms with Crippen molar-refractivity contribution in [1.29, 1.82) is 0 Å². The van der Waals surface area contributed by atoms with Crippen molar-refractivity contribution in [2.75, 3.05) is 19.8 Å². The highest BCUT2D eigenvalue weighted by Gasteiger charge is 2.17. The average Bonchev–Trinajstić information content (AvgIpc) is 3.22. The van der Waals surface area contributed by atoms with E-state index in [1.807, 2.05) is 12.2 Å². The van der Waals surface area contributed by atoms with Crippen molar-refractivity contribution < 1.29 is 23.8 Å². The summed E-state index contributed by atoms with van der Waals surface area (Å²) < 4.78 is 17.3. The van der Waals surface area contributed by atoms with Gasteiger partial charge in [-0.1, -0.05) is 242 Å². The third kappa shape index (κ3) is 46.3. The summed E-state index contributed by atoms with van der Waals surface area (Å²) in [5.41, 5.74) is 0. The van der Waals surface area contributed by atoms with E-state index in [0.717, 1.165) is 57.8 Å². The predicted molar refractivity (Wildman–Crippen MR) is 251 cm³/mol. The molecule has 0 amide bonds. The standard InChI is InChI=1S/C53H94O5/c1-4-7-10-13-16-19-22-25-27-29-31-34-37-40-43-46-52(54)57-50-51(49-56-48-45-42-39-36-33-30-26-23-20-17-14-11-8-5-2)58-53(55)47-44-41-38-35-32-28-24-21-18-15-12-9-6-3/h7,10,16,19,25,27,31,34,40,43,51H,4-6,8-9,11-15,17-18,20-24,26,28-30,32-33,35-39,41-42,44-50H2,1-3H3/b10-7-,19-16-,27-25-,34-31-,43-40-. The van der Waals surface area contributed by atoms with E-state index in [2.05, 4.69) is 69.4 Å². The molecule has 0 bridgehead atoms. The molecule has 0 heterocycles. The van der Waals surface area contributed by atoms with Crippen LogP contribution in [0.3, 0.4) is 0 Å². The quantitative estimate of drug-likeness (QED) is 0.0348. The van der Waals surface area contributed by atoms with E-state index in [-0.39, 0.29) is 31.6 Å². The second-order valence-corrected chi connectivity index (χ2v) is 16.4. The van der Waals surface area contributed by atoms with Crippen LogP contribution in [0.5, 0.6) is 0 Å². The lowest BCUT2D eigenvalue weighted by Crippen LogP contribution is -2.30. The van der Waals surface area contributed by atoms with Crippen LogP contribution in [0.1, 0.15) is 239 Å². The molecule has 0 aliphatic heterocycles. The number of unbranched alkanes of at least 4 members (excludes halogenated alkanes) is 25. The summed E-state index contributed by atoms with van der Waals surface area (Å²) in [7, 11) is 0. The smallest absolute Gasteiger partial charge is 0.309 e. The summed E-state index contributed by atoms with van der Waals surface area (Å²) in [4.78, 5) is 25.3. The highest BCUT2D eigenvalue weighted by atomic mass is 16.6. The number of rotatable bonds is 45. The molecule has 58 heavy (non-hydrogen) atoms. The van der Waals surface area contributed by atoms with Gasteiger partial charge in [-0.15, -0.1) is 0 Å². The first-order chi connectivity index (χ1) is 28.6. The van der Waals surface area contributed by atoms with E-state index in [1.54, 1.807) is 0 Å². The van der Waals surface area contributed by atoms with Gasteiger partial charge in [-0.3, -0.25) is 9.59 Å². The van der Waals surface area contributed by atoms with Gasteiger partial charge in [0.1, 0.15) is 6.61 Å². The Labute approximate surface area is 360 Å². The van der Waals surface area contributed by atoms with Crippen molar-refractivity contribution >= 4 is 11.9 Å². The Balaban J connectivity index is 4.36. The zero-order chi connectivity index (χ0) is 42.1. The highest BCUT2D eigenvalue weighted by Crippen LogP contribution is 2.15. The van der Waals surface area contributed by atoms with E-state index in [1.165, 1.54) is 148 Å². The van der Waals surface area contributed by atoms with Gasteiger partial charge in [-0.05, 0) is 44.9 Å². The Kier molecular flexibility index (Phi) is 46.9. The van der Waals surface area contributed by atoms with Crippen molar-refractivity contribution in [2.45, 2.75) is 245 Å². The van der Waals surface area contributed by atoms with Crippen LogP contribution in [0.4, 0.5) is 0 Å². The van der Waals surface area contributed by atoms with Crippen LogP contribution >= 0.6 is 0 Å². The minimum atomic E-state index is -0.571. The van der Waals surface area contributed by atoms with Gasteiger partial charge in [0.15, 0.2) is 6.10 Å². The lowest BCUT2D eigenvalue weighted by molar-refractivity contribution is -0.162. The Hall–Kier alpha value is -2.40. The van der Waals surface area contributed by atoms with Crippen molar-refractivity contribution in [2.24, 2.45) is 0 Å². The molecule has 0 spiro atoms. The maximum Gasteiger partial charge on any atom is 0.309 e. The largest absolute Gasteiger partial charge is 0.461 e. The normalized spacial score (nSPS) is 12.7. The molecule has 1 atom stereocenters. The van der Waals surface area contributed by atoms with Crippen molar-refractivity contribution in [1.82, 2.24) is 0 Å². The van der Waals surface area contributed by atoms with Crippen LogP contribution in [0.15, 0.2) is 60.8 Å². The predicted octanol–water partition coefficient (Wildman–Crippen LogP) is 16.6. The summed E-state index contributed by atoms with van der Waals surface area (Å²) in [5.74, 6) is -0.534. The van der Waals surface area contributed by atoms with Crippen LogP contribution in [0, 0.1) is 0 Å². The highest BCUT2D eigenvalue weighted by molar-refractivity contribution is 5.71. The Morgan fingerprint density at radius 1 is 0.397 bits per heavy atom. The van der Waals surface area contributed by atoms with Crippen LogP contribution in [0.25, 0.3) is 0 Å². The molecule has 0 fully saturated rings. The van der Waals surface area contributed by atoms with Crippen LogP contribution in [-0.4, -0.2) is 37.9 Å². The number of hydrogen-bond acceptors (Lipinski definition) is 5. The molecule has 1 unspecified atom stereocenters. The minimum absolute atomic E-state index is 0.0343. The number of hydrogen-bond donors (Lipinski definition) is 0. The molecule has 0 aromatic rings. The molecular weight excluding hydrogens is 717 g/mol. The van der Waals surface area contributed by atoms with E-state index >= 15 is 0 Å². The molecule has 0 saturated heterocycles. The number of esters is 2. The van der Waals surface area contributed by atoms with Gasteiger partial charge >= 0.3 is 11.9 Å². The topological polar surface area (TPSA) is 61.8 Å². The summed E-state index contributed by atoms with van der Waals surface area (Å²) >= 11 is 0. The van der Waals surface area contributed by atoms with E-state index in [9.17, 15) is 9.59 Å². The van der Waals surface area contributed by atoms with E-state index in [4.69, 9.17) is 14.2 Å². The third-order valence-electron chi connectivity index (χ3n) is 10.6. The van der Waals surface area contributed by atoms with E-state index in [0.29, 0.717) is 13.0 Å². The second-order valence-electron chi connectivity index (χ2n) is 16.4. The SMILES string of the molecule is CC/C=C\C/C=C\C/C=C\C/C=C\C/C=C\CC(=O)OCC(COCCCCCCCCCCCCCCCC)OC(=O)CCCCCCCCCCCCCCC. The lowest BCUT2D eigenvalue weighted by atomic mass is 10.0. The van der Waals surface area contributed by atoms with Crippen LogP contribution < -0.4 is 0 Å². The fourth-order valence-electron chi connectivity index (χ4n) is 6.94. The average molecular weight is 811 g/mol. The minimum Gasteiger partial charge on any atom is -0.461 e. The zero-order valence-electron chi connectivity index (χ0n) is 38.6. The summed E-state index contributed by atoms with van der Waals surface area (Å²) in [5, 5.41) is 0. The van der Waals surface area contributed by atoms with Crippen LogP contribution in [0.2, 0.25) is 0 Å². The van der Waals surface area contributed by atoms with E-state index < -0.39 is 6.10 Å². The molecule has 0 radical (unpaired) electrons. The van der Waals surface area contributed by atoms with Crippen molar-refractivity contribution in [3.8, 4) is 0 Å². The van der Waals surface area contributed by atoms with Gasteiger partial charge in [-0.2, -0.15) is 0 Å². The molecule has 5 nitrogen and oxygen atoms in total. The van der Waals surface area contributed by atoms with Gasteiger partial charge in [0, 0.05) is 13.0 Å². The molecule has 336 valence electrons. The fraction of sp³-hybridized carbons (Fsp3) is 0.774. The fourth-order valence-corrected chi connectivity index (χ4v) is 6.94. The monoisotopic (exact) mass is 811 g/mol.